The maximum absolute atomic E-state index is 14.1. The topological polar surface area (TPSA) is 59.3 Å². The van der Waals surface area contributed by atoms with E-state index in [2.05, 4.69) is 6.92 Å². The molecule has 2 saturated carbocycles. The van der Waals surface area contributed by atoms with E-state index in [1.165, 1.54) is 51.4 Å². The molecular formula is C28H39F2NO3. The van der Waals surface area contributed by atoms with Crippen molar-refractivity contribution in [3.63, 3.8) is 0 Å². The van der Waals surface area contributed by atoms with Crippen molar-refractivity contribution in [3.05, 3.63) is 29.3 Å². The number of unbranched alkanes of at least 4 members (excludes halogenated alkanes) is 5. The number of nitriles is 1. The highest BCUT2D eigenvalue weighted by atomic mass is 19.2. The van der Waals surface area contributed by atoms with Gasteiger partial charge in [0.25, 0.3) is 0 Å². The molecule has 0 atom stereocenters. The number of benzene rings is 1. The summed E-state index contributed by atoms with van der Waals surface area (Å²) in [7, 11) is 0. The maximum atomic E-state index is 14.1. The third kappa shape index (κ3) is 7.50. The van der Waals surface area contributed by atoms with Crippen LogP contribution in [0.2, 0.25) is 0 Å². The van der Waals surface area contributed by atoms with E-state index >= 15 is 0 Å². The lowest BCUT2D eigenvalue weighted by Crippen LogP contribution is -2.31. The standard InChI is InChI=1S/C28H39F2NO3/c1-2-3-4-5-6-7-18-33-24-15-12-21(13-16-24)20-8-10-22(11-9-20)28(32)34-25-17-14-23(19-31)26(29)27(25)30/h14,17,20-22,24H,2-13,15-16,18H2,1H3/t20-,21-,22-,24-. The van der Waals surface area contributed by atoms with Gasteiger partial charge in [-0.15, -0.1) is 0 Å². The summed E-state index contributed by atoms with van der Waals surface area (Å²) < 4.78 is 39.1. The van der Waals surface area contributed by atoms with Gasteiger partial charge < -0.3 is 9.47 Å². The van der Waals surface area contributed by atoms with Crippen LogP contribution in [0.4, 0.5) is 8.78 Å². The molecule has 0 radical (unpaired) electrons. The summed E-state index contributed by atoms with van der Waals surface area (Å²) in [5.74, 6) is -2.48. The van der Waals surface area contributed by atoms with E-state index in [1.54, 1.807) is 6.07 Å². The van der Waals surface area contributed by atoms with Crippen LogP contribution >= 0.6 is 0 Å². The van der Waals surface area contributed by atoms with Crippen LogP contribution in [-0.4, -0.2) is 18.7 Å². The SMILES string of the molecule is CCCCCCCCO[C@H]1CC[C@H]([C@H]2CC[C@H](C(=O)Oc3ccc(C#N)c(F)c3F)CC2)CC1. The number of ether oxygens (including phenoxy) is 2. The zero-order chi connectivity index (χ0) is 24.3. The molecule has 2 aliphatic carbocycles. The minimum atomic E-state index is -1.28. The summed E-state index contributed by atoms with van der Waals surface area (Å²) in [6, 6.07) is 3.85. The van der Waals surface area contributed by atoms with Crippen molar-refractivity contribution < 1.29 is 23.0 Å². The van der Waals surface area contributed by atoms with Crippen molar-refractivity contribution in [1.82, 2.24) is 0 Å². The molecule has 3 rings (SSSR count). The molecule has 0 bridgehead atoms. The first kappa shape index (κ1) is 26.6. The summed E-state index contributed by atoms with van der Waals surface area (Å²) in [5, 5.41) is 8.78. The van der Waals surface area contributed by atoms with E-state index in [9.17, 15) is 13.6 Å². The molecule has 0 saturated heterocycles. The number of nitrogens with zero attached hydrogens (tertiary/aromatic N) is 1. The van der Waals surface area contributed by atoms with Crippen molar-refractivity contribution in [2.75, 3.05) is 6.61 Å². The van der Waals surface area contributed by atoms with Crippen molar-refractivity contribution in [1.29, 1.82) is 5.26 Å². The van der Waals surface area contributed by atoms with Gasteiger partial charge in [0.1, 0.15) is 6.07 Å². The second-order valence-corrected chi connectivity index (χ2v) is 10.1. The summed E-state index contributed by atoms with van der Waals surface area (Å²) in [6.07, 6.45) is 16.1. The van der Waals surface area contributed by atoms with E-state index < -0.39 is 28.9 Å². The van der Waals surface area contributed by atoms with Gasteiger partial charge in [-0.1, -0.05) is 39.0 Å². The van der Waals surface area contributed by atoms with Gasteiger partial charge in [-0.05, 0) is 81.8 Å². The Morgan fingerprint density at radius 1 is 0.912 bits per heavy atom. The molecule has 4 nitrogen and oxygen atoms in total. The number of rotatable bonds is 11. The summed E-state index contributed by atoms with van der Waals surface area (Å²) in [6.45, 7) is 3.13. The number of esters is 1. The molecule has 6 heteroatoms. The quantitative estimate of drug-likeness (QED) is 0.189. The van der Waals surface area contributed by atoms with E-state index in [-0.39, 0.29) is 5.92 Å². The van der Waals surface area contributed by atoms with Crippen molar-refractivity contribution in [3.8, 4) is 11.8 Å². The fourth-order valence-electron chi connectivity index (χ4n) is 5.57. The smallest absolute Gasteiger partial charge is 0.314 e. The molecule has 0 spiro atoms. The highest BCUT2D eigenvalue weighted by molar-refractivity contribution is 5.75. The Morgan fingerprint density at radius 2 is 1.53 bits per heavy atom. The van der Waals surface area contributed by atoms with Crippen LogP contribution < -0.4 is 4.74 Å². The van der Waals surface area contributed by atoms with E-state index in [4.69, 9.17) is 14.7 Å². The minimum Gasteiger partial charge on any atom is -0.423 e. The van der Waals surface area contributed by atoms with E-state index in [0.717, 1.165) is 57.3 Å². The van der Waals surface area contributed by atoms with Gasteiger partial charge in [-0.2, -0.15) is 9.65 Å². The summed E-state index contributed by atoms with van der Waals surface area (Å²) in [4.78, 5) is 12.5. The Hall–Kier alpha value is -2.00. The molecule has 0 aliphatic heterocycles. The second-order valence-electron chi connectivity index (χ2n) is 10.1. The highest BCUT2D eigenvalue weighted by Crippen LogP contribution is 2.41. The van der Waals surface area contributed by atoms with Gasteiger partial charge in [0.2, 0.25) is 5.82 Å². The predicted molar refractivity (Wildman–Crippen MR) is 127 cm³/mol. The fourth-order valence-corrected chi connectivity index (χ4v) is 5.57. The van der Waals surface area contributed by atoms with Gasteiger partial charge >= 0.3 is 5.97 Å². The lowest BCUT2D eigenvalue weighted by atomic mass is 9.70. The molecule has 1 aromatic rings. The van der Waals surface area contributed by atoms with Gasteiger partial charge in [0.15, 0.2) is 11.6 Å². The molecule has 188 valence electrons. The van der Waals surface area contributed by atoms with Crippen LogP contribution in [0.3, 0.4) is 0 Å². The normalized spacial score (nSPS) is 25.0. The van der Waals surface area contributed by atoms with Gasteiger partial charge in [0, 0.05) is 6.61 Å². The molecule has 2 fully saturated rings. The van der Waals surface area contributed by atoms with Crippen LogP contribution in [0.5, 0.6) is 5.75 Å². The molecule has 0 aromatic heterocycles. The Kier molecular flexibility index (Phi) is 10.8. The number of carbonyl (C=O) groups excluding carboxylic acids is 1. The van der Waals surface area contributed by atoms with Crippen molar-refractivity contribution in [2.24, 2.45) is 17.8 Å². The third-order valence-corrected chi connectivity index (χ3v) is 7.72. The zero-order valence-electron chi connectivity index (χ0n) is 20.5. The highest BCUT2D eigenvalue weighted by Gasteiger charge is 2.34. The lowest BCUT2D eigenvalue weighted by molar-refractivity contribution is -0.140. The van der Waals surface area contributed by atoms with Crippen LogP contribution in [0.15, 0.2) is 12.1 Å². The first-order chi connectivity index (χ1) is 16.5. The average Bonchev–Trinajstić information content (AvgIpc) is 2.87. The summed E-state index contributed by atoms with van der Waals surface area (Å²) >= 11 is 0. The van der Waals surface area contributed by atoms with Crippen LogP contribution in [0.1, 0.15) is 102 Å². The third-order valence-electron chi connectivity index (χ3n) is 7.72. The maximum Gasteiger partial charge on any atom is 0.314 e. The van der Waals surface area contributed by atoms with Gasteiger partial charge in [-0.25, -0.2) is 4.39 Å². The summed E-state index contributed by atoms with van der Waals surface area (Å²) in [5.41, 5.74) is -0.402. The molecule has 1 aromatic carbocycles. The first-order valence-electron chi connectivity index (χ1n) is 13.2. The van der Waals surface area contributed by atoms with Crippen LogP contribution in [0, 0.1) is 40.7 Å². The molecule has 2 aliphatic rings. The predicted octanol–water partition coefficient (Wildman–Crippen LogP) is 7.48. The molecule has 0 amide bonds. The Bertz CT molecular complexity index is 822. The number of carbonyl (C=O) groups is 1. The van der Waals surface area contributed by atoms with E-state index in [1.807, 2.05) is 0 Å². The number of hydrogen-bond acceptors (Lipinski definition) is 4. The van der Waals surface area contributed by atoms with E-state index in [0.29, 0.717) is 17.9 Å². The largest absolute Gasteiger partial charge is 0.423 e. The van der Waals surface area contributed by atoms with Gasteiger partial charge in [0.05, 0.1) is 17.6 Å². The zero-order valence-corrected chi connectivity index (χ0v) is 20.5. The second kappa shape index (κ2) is 13.8. The average molecular weight is 476 g/mol. The Balaban J connectivity index is 1.34. The van der Waals surface area contributed by atoms with Crippen molar-refractivity contribution in [2.45, 2.75) is 103 Å². The Morgan fingerprint density at radius 3 is 2.18 bits per heavy atom. The van der Waals surface area contributed by atoms with Crippen LogP contribution in [-0.2, 0) is 9.53 Å². The minimum absolute atomic E-state index is 0.286. The lowest BCUT2D eigenvalue weighted by Gasteiger charge is -2.37. The molecule has 34 heavy (non-hydrogen) atoms. The van der Waals surface area contributed by atoms with Crippen LogP contribution in [0.25, 0.3) is 0 Å². The molecule has 0 N–H and O–H groups in total. The molecule has 0 unspecified atom stereocenters. The first-order valence-corrected chi connectivity index (χ1v) is 13.2. The fraction of sp³-hybridized carbons (Fsp3) is 0.714. The monoisotopic (exact) mass is 475 g/mol. The number of hydrogen-bond donors (Lipinski definition) is 0. The Labute approximate surface area is 203 Å². The van der Waals surface area contributed by atoms with Gasteiger partial charge in [-0.3, -0.25) is 4.79 Å². The number of halogens is 2. The molecular weight excluding hydrogens is 436 g/mol. The van der Waals surface area contributed by atoms with Crippen molar-refractivity contribution >= 4 is 5.97 Å². The molecule has 0 heterocycles.